The normalized spacial score (nSPS) is 16.8. The van der Waals surface area contributed by atoms with E-state index in [9.17, 15) is 18.4 Å². The Hall–Kier alpha value is -3.62. The number of nitrogen functional groups attached to an aromatic ring is 1. The van der Waals surface area contributed by atoms with Crippen molar-refractivity contribution < 1.29 is 18.4 Å². The first kappa shape index (κ1) is 17.8. The summed E-state index contributed by atoms with van der Waals surface area (Å²) in [6.07, 6.45) is 1.44. The molecule has 1 atom stereocenters. The average molecular weight is 383 g/mol. The molecule has 7 nitrogen and oxygen atoms in total. The molecule has 3 aromatic rings. The predicted octanol–water partition coefficient (Wildman–Crippen LogP) is 2.48. The molecule has 1 aromatic carbocycles. The zero-order valence-electron chi connectivity index (χ0n) is 14.8. The molecule has 1 fully saturated rings. The molecule has 0 unspecified atom stereocenters. The quantitative estimate of drug-likeness (QED) is 0.702. The maximum atomic E-state index is 13.6. The van der Waals surface area contributed by atoms with Gasteiger partial charge in [-0.25, -0.2) is 18.7 Å². The lowest BCUT2D eigenvalue weighted by Gasteiger charge is -2.15. The number of anilines is 2. The fourth-order valence-electron chi connectivity index (χ4n) is 3.39. The molecular weight excluding hydrogens is 368 g/mol. The lowest BCUT2D eigenvalue weighted by molar-refractivity contribution is -0.121. The van der Waals surface area contributed by atoms with Crippen LogP contribution in [-0.4, -0.2) is 26.6 Å². The fourth-order valence-corrected chi connectivity index (χ4v) is 3.39. The number of amides is 2. The number of pyridine rings is 1. The Morgan fingerprint density at radius 2 is 1.93 bits per heavy atom. The first-order chi connectivity index (χ1) is 13.4. The third kappa shape index (κ3) is 2.72. The van der Waals surface area contributed by atoms with Crippen molar-refractivity contribution in [3.63, 3.8) is 0 Å². The summed E-state index contributed by atoms with van der Waals surface area (Å²) in [5.41, 5.74) is 7.11. The van der Waals surface area contributed by atoms with Gasteiger partial charge in [-0.15, -0.1) is 0 Å². The van der Waals surface area contributed by atoms with Gasteiger partial charge < -0.3 is 5.73 Å². The van der Waals surface area contributed by atoms with Gasteiger partial charge in [0.25, 0.3) is 0 Å². The van der Waals surface area contributed by atoms with Crippen molar-refractivity contribution in [1.29, 1.82) is 0 Å². The number of aryl methyl sites for hydroxylation is 1. The van der Waals surface area contributed by atoms with Gasteiger partial charge in [0, 0.05) is 24.2 Å². The van der Waals surface area contributed by atoms with E-state index in [0.717, 1.165) is 17.0 Å². The minimum absolute atomic E-state index is 0.0234. The van der Waals surface area contributed by atoms with E-state index in [1.54, 1.807) is 31.3 Å². The highest BCUT2D eigenvalue weighted by atomic mass is 19.2. The van der Waals surface area contributed by atoms with Crippen LogP contribution in [0.1, 0.15) is 23.6 Å². The van der Waals surface area contributed by atoms with Crippen molar-refractivity contribution in [2.24, 2.45) is 0 Å². The maximum Gasteiger partial charge on any atom is 0.242 e. The molecule has 2 N–H and O–H groups in total. The van der Waals surface area contributed by atoms with Crippen LogP contribution >= 0.6 is 0 Å². The molecular formula is C19H15F2N5O2. The summed E-state index contributed by atoms with van der Waals surface area (Å²) in [5.74, 6) is -3.47. The number of hydrogen-bond acceptors (Lipinski definition) is 5. The molecule has 0 saturated carbocycles. The molecule has 1 aliphatic heterocycles. The van der Waals surface area contributed by atoms with Crippen LogP contribution in [0, 0.1) is 18.6 Å². The molecule has 0 aliphatic carbocycles. The Labute approximate surface area is 158 Å². The predicted molar refractivity (Wildman–Crippen MR) is 96.7 cm³/mol. The van der Waals surface area contributed by atoms with Crippen LogP contribution in [0.4, 0.5) is 20.3 Å². The molecule has 3 heterocycles. The molecule has 1 aliphatic rings. The highest BCUT2D eigenvalue weighted by Gasteiger charge is 2.43. The van der Waals surface area contributed by atoms with Gasteiger partial charge in [-0.3, -0.25) is 9.59 Å². The molecule has 2 aromatic heterocycles. The smallest absolute Gasteiger partial charge is 0.242 e. The van der Waals surface area contributed by atoms with Crippen molar-refractivity contribution in [3.05, 3.63) is 65.5 Å². The third-order valence-corrected chi connectivity index (χ3v) is 4.67. The third-order valence-electron chi connectivity index (χ3n) is 4.67. The number of rotatable bonds is 3. The molecule has 1 saturated heterocycles. The van der Waals surface area contributed by atoms with Crippen molar-refractivity contribution in [3.8, 4) is 5.82 Å². The van der Waals surface area contributed by atoms with Crippen LogP contribution in [0.2, 0.25) is 0 Å². The summed E-state index contributed by atoms with van der Waals surface area (Å²) in [4.78, 5) is 30.5. The Bertz CT molecular complexity index is 1100. The van der Waals surface area contributed by atoms with Crippen LogP contribution in [0.3, 0.4) is 0 Å². The molecule has 9 heteroatoms. The Morgan fingerprint density at radius 3 is 2.61 bits per heavy atom. The van der Waals surface area contributed by atoms with E-state index < -0.39 is 29.4 Å². The van der Waals surface area contributed by atoms with Gasteiger partial charge >= 0.3 is 0 Å². The number of benzene rings is 1. The topological polar surface area (TPSA) is 94.1 Å². The fraction of sp³-hybridized carbons (Fsp3) is 0.158. The van der Waals surface area contributed by atoms with Crippen LogP contribution in [0.5, 0.6) is 0 Å². The van der Waals surface area contributed by atoms with E-state index >= 15 is 0 Å². The summed E-state index contributed by atoms with van der Waals surface area (Å²) < 4.78 is 28.2. The minimum atomic E-state index is -1.14. The average Bonchev–Trinajstić information content (AvgIpc) is 3.13. The van der Waals surface area contributed by atoms with Gasteiger partial charge in [-0.1, -0.05) is 6.07 Å². The summed E-state index contributed by atoms with van der Waals surface area (Å²) in [6, 6.07) is 8.10. The number of nitrogens with zero attached hydrogens (tertiary/aromatic N) is 4. The van der Waals surface area contributed by atoms with Crippen LogP contribution in [0.15, 0.2) is 42.6 Å². The number of carbonyl (C=O) groups excluding carboxylic acids is 2. The molecule has 142 valence electrons. The van der Waals surface area contributed by atoms with Gasteiger partial charge in [0.2, 0.25) is 11.8 Å². The first-order valence-corrected chi connectivity index (χ1v) is 8.46. The molecule has 4 rings (SSSR count). The summed E-state index contributed by atoms with van der Waals surface area (Å²) in [6.45, 7) is 1.68. The van der Waals surface area contributed by atoms with E-state index in [1.807, 2.05) is 0 Å². The van der Waals surface area contributed by atoms with E-state index in [-0.39, 0.29) is 17.9 Å². The lowest BCUT2D eigenvalue weighted by atomic mass is 9.97. The van der Waals surface area contributed by atoms with E-state index in [1.165, 1.54) is 10.7 Å². The van der Waals surface area contributed by atoms with Gasteiger partial charge in [0.05, 0.1) is 17.3 Å². The monoisotopic (exact) mass is 383 g/mol. The molecule has 0 radical (unpaired) electrons. The molecule has 0 spiro atoms. The number of carbonyl (C=O) groups is 2. The Balaban J connectivity index is 1.73. The van der Waals surface area contributed by atoms with Crippen LogP contribution in [0.25, 0.3) is 5.82 Å². The summed E-state index contributed by atoms with van der Waals surface area (Å²) in [7, 11) is 0. The van der Waals surface area contributed by atoms with Crippen molar-refractivity contribution >= 4 is 23.3 Å². The second kappa shape index (κ2) is 6.52. The molecule has 0 bridgehead atoms. The first-order valence-electron chi connectivity index (χ1n) is 8.46. The number of halogens is 2. The highest BCUT2D eigenvalue weighted by Crippen LogP contribution is 2.38. The highest BCUT2D eigenvalue weighted by molar-refractivity contribution is 6.23. The zero-order chi connectivity index (χ0) is 20.0. The molecule has 2 amide bonds. The summed E-state index contributed by atoms with van der Waals surface area (Å²) >= 11 is 0. The Morgan fingerprint density at radius 1 is 1.14 bits per heavy atom. The SMILES string of the molecule is Cc1nn(-c2ccccn2)c(N)c1[C@@H]1CC(=O)N(c2ccc(F)c(F)c2)C1=O. The summed E-state index contributed by atoms with van der Waals surface area (Å²) in [5, 5.41) is 4.35. The zero-order valence-corrected chi connectivity index (χ0v) is 14.8. The molecule has 28 heavy (non-hydrogen) atoms. The number of hydrogen-bond donors (Lipinski definition) is 1. The van der Waals surface area contributed by atoms with Crippen molar-refractivity contribution in [1.82, 2.24) is 14.8 Å². The van der Waals surface area contributed by atoms with Gasteiger partial charge in [-0.2, -0.15) is 9.78 Å². The number of aromatic nitrogens is 3. The number of imide groups is 1. The van der Waals surface area contributed by atoms with Gasteiger partial charge in [0.15, 0.2) is 17.5 Å². The van der Waals surface area contributed by atoms with Gasteiger partial charge in [-0.05, 0) is 31.2 Å². The van der Waals surface area contributed by atoms with E-state index in [4.69, 9.17) is 5.73 Å². The van der Waals surface area contributed by atoms with Gasteiger partial charge in [0.1, 0.15) is 5.82 Å². The van der Waals surface area contributed by atoms with E-state index in [2.05, 4.69) is 10.1 Å². The second-order valence-corrected chi connectivity index (χ2v) is 6.41. The van der Waals surface area contributed by atoms with Crippen molar-refractivity contribution in [2.45, 2.75) is 19.3 Å². The van der Waals surface area contributed by atoms with Crippen LogP contribution < -0.4 is 10.6 Å². The minimum Gasteiger partial charge on any atom is -0.383 e. The standard InChI is InChI=1S/C19H15F2N5O2/c1-10-17(18(22)26(24-10)15-4-2-3-7-23-15)12-9-16(27)25(19(12)28)11-5-6-13(20)14(21)8-11/h2-8,12H,9,22H2,1H3/t12-/m0/s1. The van der Waals surface area contributed by atoms with E-state index in [0.29, 0.717) is 17.1 Å². The second-order valence-electron chi connectivity index (χ2n) is 6.41. The maximum absolute atomic E-state index is 13.6. The largest absolute Gasteiger partial charge is 0.383 e. The van der Waals surface area contributed by atoms with Crippen molar-refractivity contribution in [2.75, 3.05) is 10.6 Å². The number of nitrogens with two attached hydrogens (primary N) is 1. The Kier molecular flexibility index (Phi) is 4.14. The lowest BCUT2D eigenvalue weighted by Crippen LogP contribution is -2.30. The van der Waals surface area contributed by atoms with Crippen LogP contribution in [-0.2, 0) is 9.59 Å².